The molecule has 3 saturated carbocycles. The van der Waals surface area contributed by atoms with Crippen LogP contribution < -0.4 is 10.9 Å². The summed E-state index contributed by atoms with van der Waals surface area (Å²) in [5.41, 5.74) is 7.72. The summed E-state index contributed by atoms with van der Waals surface area (Å²) in [7, 11) is 0. The van der Waals surface area contributed by atoms with Crippen molar-refractivity contribution < 1.29 is 4.39 Å². The highest BCUT2D eigenvalue weighted by molar-refractivity contribution is 7.17. The number of nitrogens with one attached hydrogen (secondary N) is 2. The maximum atomic E-state index is 13.4. The topological polar surface area (TPSA) is 36.4 Å². The predicted molar refractivity (Wildman–Crippen MR) is 87.4 cm³/mol. The third-order valence-electron chi connectivity index (χ3n) is 5.59. The monoisotopic (exact) mass is 315 g/mol. The number of rotatable bonds is 1. The molecular weight excluding hydrogens is 297 g/mol. The van der Waals surface area contributed by atoms with Crippen molar-refractivity contribution in [3.63, 3.8) is 0 Å². The fourth-order valence-corrected chi connectivity index (χ4v) is 5.27. The fraction of sp³-hybridized carbons (Fsp3) is 0.471. The zero-order valence-corrected chi connectivity index (χ0v) is 13.0. The Morgan fingerprint density at radius 3 is 2.82 bits per heavy atom. The molecule has 0 radical (unpaired) electrons. The molecule has 3 fully saturated rings. The van der Waals surface area contributed by atoms with Crippen LogP contribution in [0.15, 0.2) is 29.3 Å². The summed E-state index contributed by atoms with van der Waals surface area (Å²) in [6.45, 7) is 0. The maximum Gasteiger partial charge on any atom is 0.177 e. The predicted octanol–water partition coefficient (Wildman–Crippen LogP) is 3.80. The molecule has 0 unspecified atom stereocenters. The number of halogens is 1. The Morgan fingerprint density at radius 2 is 2.05 bits per heavy atom. The summed E-state index contributed by atoms with van der Waals surface area (Å²) < 4.78 is 14.4. The van der Waals surface area contributed by atoms with E-state index in [1.54, 1.807) is 6.07 Å². The standard InChI is InChI=1S/C17H18FN3S/c18-15-8-11-3-4-12(7-14(11)22-15)16-19-17(21-20-16)9-10-1-5-13(17)6-2-10/h3-4,7-8,10,13,21H,1-2,5-6,9H2,(H,19,20)/t10?,13?,17-/m1/s1. The molecule has 1 spiro atoms. The van der Waals surface area contributed by atoms with Crippen LogP contribution in [-0.4, -0.2) is 11.5 Å². The van der Waals surface area contributed by atoms with Gasteiger partial charge in [0.1, 0.15) is 11.5 Å². The van der Waals surface area contributed by atoms with E-state index in [4.69, 9.17) is 4.99 Å². The molecule has 2 bridgehead atoms. The van der Waals surface area contributed by atoms with E-state index in [1.807, 2.05) is 18.2 Å². The summed E-state index contributed by atoms with van der Waals surface area (Å²) in [6, 6.07) is 7.64. The van der Waals surface area contributed by atoms with Crippen molar-refractivity contribution in [1.29, 1.82) is 0 Å². The first-order chi connectivity index (χ1) is 10.7. The number of hydrazine groups is 1. The molecule has 22 heavy (non-hydrogen) atoms. The van der Waals surface area contributed by atoms with Crippen molar-refractivity contribution in [2.24, 2.45) is 16.8 Å². The molecule has 3 aliphatic carbocycles. The van der Waals surface area contributed by atoms with Crippen molar-refractivity contribution in [3.8, 4) is 0 Å². The van der Waals surface area contributed by atoms with E-state index in [0.29, 0.717) is 5.92 Å². The third kappa shape index (κ3) is 1.85. The first-order valence-corrected chi connectivity index (χ1v) is 8.86. The molecule has 4 aliphatic rings. The number of thiophene rings is 1. The minimum absolute atomic E-state index is 0.105. The number of amidine groups is 1. The van der Waals surface area contributed by atoms with Gasteiger partial charge in [-0.25, -0.2) is 10.4 Å². The van der Waals surface area contributed by atoms with Gasteiger partial charge in [0.25, 0.3) is 0 Å². The summed E-state index contributed by atoms with van der Waals surface area (Å²) in [6.07, 6.45) is 6.43. The molecule has 0 amide bonds. The van der Waals surface area contributed by atoms with Crippen molar-refractivity contribution in [2.45, 2.75) is 37.8 Å². The molecule has 3 nitrogen and oxygen atoms in total. The molecule has 1 aromatic heterocycles. The maximum absolute atomic E-state index is 13.4. The lowest BCUT2D eigenvalue weighted by molar-refractivity contribution is 0.0506. The molecule has 1 aliphatic heterocycles. The van der Waals surface area contributed by atoms with Crippen LogP contribution >= 0.6 is 11.3 Å². The van der Waals surface area contributed by atoms with Gasteiger partial charge in [-0.2, -0.15) is 4.39 Å². The van der Waals surface area contributed by atoms with Gasteiger partial charge in [-0.05, 0) is 61.5 Å². The Balaban J connectivity index is 1.53. The highest BCUT2D eigenvalue weighted by Crippen LogP contribution is 2.48. The van der Waals surface area contributed by atoms with Crippen LogP contribution in [-0.2, 0) is 0 Å². The van der Waals surface area contributed by atoms with E-state index >= 15 is 0 Å². The Labute approximate surface area is 132 Å². The lowest BCUT2D eigenvalue weighted by Gasteiger charge is -2.47. The van der Waals surface area contributed by atoms with Crippen LogP contribution in [0.3, 0.4) is 0 Å². The van der Waals surface area contributed by atoms with Gasteiger partial charge in [0.05, 0.1) is 0 Å². The Hall–Kier alpha value is -1.46. The van der Waals surface area contributed by atoms with Crippen molar-refractivity contribution in [3.05, 3.63) is 35.0 Å². The normalized spacial score (nSPS) is 33.4. The van der Waals surface area contributed by atoms with Crippen molar-refractivity contribution in [2.75, 3.05) is 0 Å². The largest absolute Gasteiger partial charge is 0.303 e. The van der Waals surface area contributed by atoms with Crippen molar-refractivity contribution >= 4 is 27.3 Å². The van der Waals surface area contributed by atoms with Gasteiger partial charge in [0, 0.05) is 10.3 Å². The average molecular weight is 315 g/mol. The van der Waals surface area contributed by atoms with E-state index in [-0.39, 0.29) is 10.8 Å². The van der Waals surface area contributed by atoms with E-state index in [0.717, 1.165) is 33.8 Å². The highest BCUT2D eigenvalue weighted by Gasteiger charge is 2.49. The smallest absolute Gasteiger partial charge is 0.177 e. The fourth-order valence-electron chi connectivity index (χ4n) is 4.45. The molecule has 2 heterocycles. The van der Waals surface area contributed by atoms with Gasteiger partial charge in [-0.1, -0.05) is 12.1 Å². The van der Waals surface area contributed by atoms with Gasteiger partial charge < -0.3 is 5.43 Å². The zero-order chi connectivity index (χ0) is 14.7. The van der Waals surface area contributed by atoms with Gasteiger partial charge >= 0.3 is 0 Å². The quantitative estimate of drug-likeness (QED) is 0.840. The molecule has 1 atom stereocenters. The molecule has 0 saturated heterocycles. The van der Waals surface area contributed by atoms with E-state index < -0.39 is 0 Å². The Bertz CT molecular complexity index is 775. The van der Waals surface area contributed by atoms with E-state index in [2.05, 4.69) is 10.9 Å². The summed E-state index contributed by atoms with van der Waals surface area (Å²) in [5, 5.41) is 0.830. The SMILES string of the molecule is Fc1cc2ccc(C3=N[C@]4(CC5CCC4CC5)NN3)cc2s1. The Kier molecular flexibility index (Phi) is 2.68. The van der Waals surface area contributed by atoms with Gasteiger partial charge in [0.15, 0.2) is 5.13 Å². The Morgan fingerprint density at radius 1 is 1.18 bits per heavy atom. The molecule has 1 aromatic carbocycles. The number of hydrogen-bond acceptors (Lipinski definition) is 4. The number of benzene rings is 1. The van der Waals surface area contributed by atoms with Crippen LogP contribution in [0.2, 0.25) is 0 Å². The molecule has 2 N–H and O–H groups in total. The van der Waals surface area contributed by atoms with Crippen LogP contribution in [0.5, 0.6) is 0 Å². The number of fused-ring (bicyclic) bond motifs is 3. The lowest BCUT2D eigenvalue weighted by Crippen LogP contribution is -2.56. The van der Waals surface area contributed by atoms with E-state index in [1.165, 1.54) is 37.0 Å². The average Bonchev–Trinajstić information content (AvgIpc) is 3.10. The van der Waals surface area contributed by atoms with Gasteiger partial charge in [0.2, 0.25) is 0 Å². The minimum Gasteiger partial charge on any atom is -0.303 e. The number of nitrogens with zero attached hydrogens (tertiary/aromatic N) is 1. The van der Waals surface area contributed by atoms with E-state index in [9.17, 15) is 4.39 Å². The molecule has 114 valence electrons. The van der Waals surface area contributed by atoms with Crippen molar-refractivity contribution in [1.82, 2.24) is 10.9 Å². The zero-order valence-electron chi connectivity index (χ0n) is 12.2. The van der Waals surface area contributed by atoms with Crippen LogP contribution in [0.25, 0.3) is 10.1 Å². The van der Waals surface area contributed by atoms with Crippen LogP contribution in [0.4, 0.5) is 4.39 Å². The second-order valence-electron chi connectivity index (χ2n) is 6.86. The van der Waals surface area contributed by atoms with Crippen LogP contribution in [0, 0.1) is 17.0 Å². The minimum atomic E-state index is -0.132. The lowest BCUT2D eigenvalue weighted by atomic mass is 9.65. The summed E-state index contributed by atoms with van der Waals surface area (Å²) >= 11 is 1.19. The summed E-state index contributed by atoms with van der Waals surface area (Å²) in [5.74, 6) is 2.37. The molecular formula is C17H18FN3S. The van der Waals surface area contributed by atoms with Gasteiger partial charge in [-0.15, -0.1) is 11.3 Å². The second-order valence-corrected chi connectivity index (χ2v) is 7.89. The summed E-state index contributed by atoms with van der Waals surface area (Å²) in [4.78, 5) is 5.05. The second kappa shape index (κ2) is 4.52. The van der Waals surface area contributed by atoms with Gasteiger partial charge in [-0.3, -0.25) is 0 Å². The first-order valence-electron chi connectivity index (χ1n) is 8.04. The number of hydrogen-bond donors (Lipinski definition) is 2. The number of aliphatic imine (C=N–C) groups is 1. The molecule has 5 heteroatoms. The third-order valence-corrected chi connectivity index (χ3v) is 6.48. The molecule has 6 rings (SSSR count). The van der Waals surface area contributed by atoms with Crippen LogP contribution in [0.1, 0.15) is 37.7 Å². The first kappa shape index (κ1) is 13.0. The molecule has 2 aromatic rings. The highest BCUT2D eigenvalue weighted by atomic mass is 32.1.